The first-order chi connectivity index (χ1) is 10.8. The molecule has 0 spiro atoms. The third kappa shape index (κ3) is 2.98. The van der Waals surface area contributed by atoms with Gasteiger partial charge in [0.1, 0.15) is 23.6 Å². The Labute approximate surface area is 130 Å². The number of methoxy groups -OCH3 is 2. The maximum absolute atomic E-state index is 5.46. The molecule has 0 atom stereocenters. The van der Waals surface area contributed by atoms with E-state index in [1.165, 1.54) is 19.3 Å². The van der Waals surface area contributed by atoms with E-state index in [2.05, 4.69) is 14.9 Å². The zero-order chi connectivity index (χ0) is 15.4. The summed E-state index contributed by atoms with van der Waals surface area (Å²) in [6.07, 6.45) is 5.37. The van der Waals surface area contributed by atoms with Gasteiger partial charge in [-0.05, 0) is 37.5 Å². The van der Waals surface area contributed by atoms with Gasteiger partial charge in [0.2, 0.25) is 0 Å². The molecular weight excluding hydrogens is 278 g/mol. The quantitative estimate of drug-likeness (QED) is 0.868. The fourth-order valence-corrected chi connectivity index (χ4v) is 2.80. The third-order valence-electron chi connectivity index (χ3n) is 4.02. The molecule has 1 aliphatic rings. The fourth-order valence-electron chi connectivity index (χ4n) is 2.80. The number of benzene rings is 1. The van der Waals surface area contributed by atoms with Crippen LogP contribution in [0.25, 0.3) is 11.3 Å². The lowest BCUT2D eigenvalue weighted by Gasteiger charge is -2.27. The number of rotatable bonds is 4. The minimum Gasteiger partial charge on any atom is -0.497 e. The van der Waals surface area contributed by atoms with Crippen molar-refractivity contribution in [3.63, 3.8) is 0 Å². The van der Waals surface area contributed by atoms with E-state index in [9.17, 15) is 0 Å². The minimum absolute atomic E-state index is 0.782. The summed E-state index contributed by atoms with van der Waals surface area (Å²) >= 11 is 0. The van der Waals surface area contributed by atoms with Crippen LogP contribution in [0.2, 0.25) is 0 Å². The maximum Gasteiger partial charge on any atom is 0.132 e. The van der Waals surface area contributed by atoms with Crippen molar-refractivity contribution >= 4 is 5.82 Å². The summed E-state index contributed by atoms with van der Waals surface area (Å²) in [7, 11) is 3.32. The van der Waals surface area contributed by atoms with E-state index in [-0.39, 0.29) is 0 Å². The molecule has 1 fully saturated rings. The Hall–Kier alpha value is -2.30. The molecule has 0 aliphatic carbocycles. The van der Waals surface area contributed by atoms with Gasteiger partial charge in [-0.2, -0.15) is 0 Å². The Kier molecular flexibility index (Phi) is 4.42. The predicted octanol–water partition coefficient (Wildman–Crippen LogP) is 3.15. The van der Waals surface area contributed by atoms with E-state index >= 15 is 0 Å². The second-order valence-electron chi connectivity index (χ2n) is 5.38. The lowest BCUT2D eigenvalue weighted by Crippen LogP contribution is -2.30. The predicted molar refractivity (Wildman–Crippen MR) is 86.6 cm³/mol. The number of anilines is 1. The van der Waals surface area contributed by atoms with Crippen LogP contribution < -0.4 is 14.4 Å². The standard InChI is InChI=1S/C17H21N3O2/c1-21-13-6-7-16(22-2)14(10-13)15-11-17(19-12-18-15)20-8-4-3-5-9-20/h6-7,10-12H,3-5,8-9H2,1-2H3. The highest BCUT2D eigenvalue weighted by atomic mass is 16.5. The van der Waals surface area contributed by atoms with Crippen LogP contribution in [-0.4, -0.2) is 37.3 Å². The van der Waals surface area contributed by atoms with Crippen molar-refractivity contribution in [3.05, 3.63) is 30.6 Å². The lowest BCUT2D eigenvalue weighted by atomic mass is 10.1. The first kappa shape index (κ1) is 14.6. The fraction of sp³-hybridized carbons (Fsp3) is 0.412. The average Bonchev–Trinajstić information content (AvgIpc) is 2.62. The van der Waals surface area contributed by atoms with Gasteiger partial charge in [-0.25, -0.2) is 9.97 Å². The molecule has 0 saturated carbocycles. The zero-order valence-corrected chi connectivity index (χ0v) is 13.1. The maximum atomic E-state index is 5.46. The molecule has 5 nitrogen and oxygen atoms in total. The topological polar surface area (TPSA) is 47.5 Å². The molecule has 0 amide bonds. The number of nitrogens with zero attached hydrogens (tertiary/aromatic N) is 3. The van der Waals surface area contributed by atoms with Gasteiger partial charge in [-0.15, -0.1) is 0 Å². The SMILES string of the molecule is COc1ccc(OC)c(-c2cc(N3CCCCC3)ncn2)c1. The van der Waals surface area contributed by atoms with E-state index in [4.69, 9.17) is 9.47 Å². The second-order valence-corrected chi connectivity index (χ2v) is 5.38. The Morgan fingerprint density at radius 3 is 2.50 bits per heavy atom. The van der Waals surface area contributed by atoms with E-state index < -0.39 is 0 Å². The van der Waals surface area contributed by atoms with Crippen molar-refractivity contribution in [2.75, 3.05) is 32.2 Å². The molecule has 1 aliphatic heterocycles. The van der Waals surface area contributed by atoms with Gasteiger partial charge in [-0.1, -0.05) is 0 Å². The van der Waals surface area contributed by atoms with Gasteiger partial charge in [0.05, 0.1) is 19.9 Å². The van der Waals surface area contributed by atoms with Gasteiger partial charge in [0.15, 0.2) is 0 Å². The van der Waals surface area contributed by atoms with Crippen LogP contribution in [0.4, 0.5) is 5.82 Å². The van der Waals surface area contributed by atoms with Crippen LogP contribution in [0, 0.1) is 0 Å². The molecule has 1 aromatic heterocycles. The Balaban J connectivity index is 1.97. The molecule has 116 valence electrons. The molecule has 0 radical (unpaired) electrons. The molecule has 0 bridgehead atoms. The summed E-state index contributed by atoms with van der Waals surface area (Å²) in [5.74, 6) is 2.55. The second kappa shape index (κ2) is 6.64. The van der Waals surface area contributed by atoms with Gasteiger partial charge < -0.3 is 14.4 Å². The molecule has 5 heteroatoms. The molecule has 22 heavy (non-hydrogen) atoms. The molecular formula is C17H21N3O2. The largest absolute Gasteiger partial charge is 0.497 e. The third-order valence-corrected chi connectivity index (χ3v) is 4.02. The molecule has 1 aromatic carbocycles. The highest BCUT2D eigenvalue weighted by Gasteiger charge is 2.15. The number of hydrogen-bond donors (Lipinski definition) is 0. The Bertz CT molecular complexity index is 640. The Morgan fingerprint density at radius 1 is 0.955 bits per heavy atom. The highest BCUT2D eigenvalue weighted by molar-refractivity contribution is 5.71. The minimum atomic E-state index is 0.782. The first-order valence-electron chi connectivity index (χ1n) is 7.61. The molecule has 2 heterocycles. The molecule has 2 aromatic rings. The Morgan fingerprint density at radius 2 is 1.77 bits per heavy atom. The number of piperidine rings is 1. The summed E-state index contributed by atoms with van der Waals surface area (Å²) in [6.45, 7) is 2.12. The number of aromatic nitrogens is 2. The van der Waals surface area contributed by atoms with E-state index in [0.717, 1.165) is 41.7 Å². The zero-order valence-electron chi connectivity index (χ0n) is 13.1. The van der Waals surface area contributed by atoms with Gasteiger partial charge in [0.25, 0.3) is 0 Å². The summed E-state index contributed by atoms with van der Waals surface area (Å²) in [5, 5.41) is 0. The first-order valence-corrected chi connectivity index (χ1v) is 7.61. The van der Waals surface area contributed by atoms with Crippen molar-refractivity contribution in [1.29, 1.82) is 0 Å². The van der Waals surface area contributed by atoms with Crippen molar-refractivity contribution in [1.82, 2.24) is 9.97 Å². The van der Waals surface area contributed by atoms with Crippen LogP contribution in [0.15, 0.2) is 30.6 Å². The molecule has 3 rings (SSSR count). The lowest BCUT2D eigenvalue weighted by molar-refractivity contribution is 0.404. The molecule has 0 N–H and O–H groups in total. The average molecular weight is 299 g/mol. The smallest absolute Gasteiger partial charge is 0.132 e. The van der Waals surface area contributed by atoms with Crippen LogP contribution in [-0.2, 0) is 0 Å². The summed E-state index contributed by atoms with van der Waals surface area (Å²) in [4.78, 5) is 11.2. The van der Waals surface area contributed by atoms with E-state index in [0.29, 0.717) is 0 Å². The van der Waals surface area contributed by atoms with E-state index in [1.54, 1.807) is 20.5 Å². The van der Waals surface area contributed by atoms with Crippen LogP contribution >= 0.6 is 0 Å². The van der Waals surface area contributed by atoms with Gasteiger partial charge in [0, 0.05) is 24.7 Å². The summed E-state index contributed by atoms with van der Waals surface area (Å²) in [6, 6.07) is 7.76. The van der Waals surface area contributed by atoms with Crippen molar-refractivity contribution < 1.29 is 9.47 Å². The highest BCUT2D eigenvalue weighted by Crippen LogP contribution is 2.33. The van der Waals surface area contributed by atoms with Crippen LogP contribution in [0.3, 0.4) is 0 Å². The van der Waals surface area contributed by atoms with Crippen molar-refractivity contribution in [2.24, 2.45) is 0 Å². The monoisotopic (exact) mass is 299 g/mol. The molecule has 0 unspecified atom stereocenters. The number of hydrogen-bond acceptors (Lipinski definition) is 5. The normalized spacial score (nSPS) is 14.7. The van der Waals surface area contributed by atoms with Gasteiger partial charge in [-0.3, -0.25) is 0 Å². The molecule has 1 saturated heterocycles. The van der Waals surface area contributed by atoms with Gasteiger partial charge >= 0.3 is 0 Å². The van der Waals surface area contributed by atoms with E-state index in [1.807, 2.05) is 24.3 Å². The number of ether oxygens (including phenoxy) is 2. The van der Waals surface area contributed by atoms with Crippen molar-refractivity contribution in [2.45, 2.75) is 19.3 Å². The summed E-state index contributed by atoms with van der Waals surface area (Å²) < 4.78 is 10.8. The van der Waals surface area contributed by atoms with Crippen LogP contribution in [0.5, 0.6) is 11.5 Å². The van der Waals surface area contributed by atoms with Crippen LogP contribution in [0.1, 0.15) is 19.3 Å². The van der Waals surface area contributed by atoms with Crippen molar-refractivity contribution in [3.8, 4) is 22.8 Å². The summed E-state index contributed by atoms with van der Waals surface area (Å²) in [5.41, 5.74) is 1.77.